The first-order valence-corrected chi connectivity index (χ1v) is 5.14. The van der Waals surface area contributed by atoms with Crippen LogP contribution in [0.25, 0.3) is 0 Å². The lowest BCUT2D eigenvalue weighted by atomic mass is 9.90. The highest BCUT2D eigenvalue weighted by Gasteiger charge is 2.37. The van der Waals surface area contributed by atoms with Crippen molar-refractivity contribution in [2.45, 2.75) is 12.0 Å². The van der Waals surface area contributed by atoms with Crippen molar-refractivity contribution in [2.24, 2.45) is 0 Å². The third-order valence-corrected chi connectivity index (χ3v) is 2.53. The summed E-state index contributed by atoms with van der Waals surface area (Å²) in [6.07, 6.45) is 1.56. The van der Waals surface area contributed by atoms with Gasteiger partial charge in [0, 0.05) is 6.42 Å². The summed E-state index contributed by atoms with van der Waals surface area (Å²) < 4.78 is 9.62. The molecule has 0 aliphatic heterocycles. The molecule has 0 aliphatic rings. The van der Waals surface area contributed by atoms with Gasteiger partial charge in [0.15, 0.2) is 5.60 Å². The minimum Gasteiger partial charge on any atom is -0.497 e. The van der Waals surface area contributed by atoms with Crippen LogP contribution in [0.1, 0.15) is 12.0 Å². The van der Waals surface area contributed by atoms with Crippen LogP contribution in [-0.4, -0.2) is 25.3 Å². The third kappa shape index (κ3) is 2.65. The molecule has 0 saturated heterocycles. The molecule has 0 spiro atoms. The summed E-state index contributed by atoms with van der Waals surface area (Å²) in [5.41, 5.74) is -1.24. The van der Waals surface area contributed by atoms with E-state index >= 15 is 0 Å². The van der Waals surface area contributed by atoms with Crippen LogP contribution in [0.15, 0.2) is 36.9 Å². The van der Waals surface area contributed by atoms with Gasteiger partial charge in [-0.2, -0.15) is 0 Å². The first-order chi connectivity index (χ1) is 8.08. The Bertz CT molecular complexity index is 396. The Balaban J connectivity index is 3.12. The molecular weight excluding hydrogens is 220 g/mol. The molecule has 0 amide bonds. The molecule has 4 heteroatoms. The first kappa shape index (κ1) is 13.3. The van der Waals surface area contributed by atoms with Gasteiger partial charge in [0.05, 0.1) is 14.2 Å². The van der Waals surface area contributed by atoms with E-state index in [0.29, 0.717) is 11.3 Å². The van der Waals surface area contributed by atoms with E-state index in [9.17, 15) is 9.90 Å². The zero-order valence-corrected chi connectivity index (χ0v) is 9.97. The molecule has 0 fully saturated rings. The van der Waals surface area contributed by atoms with Gasteiger partial charge < -0.3 is 14.6 Å². The standard InChI is InChI=1S/C13H16O4/c1-4-9-13(15,12(14)17-3)10-5-7-11(16-2)8-6-10/h4-8,15H,1,9H2,2-3H3. The predicted octanol–water partition coefficient (Wildman–Crippen LogP) is 1.63. The van der Waals surface area contributed by atoms with Gasteiger partial charge in [-0.15, -0.1) is 6.58 Å². The lowest BCUT2D eigenvalue weighted by Crippen LogP contribution is -2.36. The van der Waals surface area contributed by atoms with E-state index in [1.165, 1.54) is 13.2 Å². The molecule has 17 heavy (non-hydrogen) atoms. The van der Waals surface area contributed by atoms with Crippen molar-refractivity contribution in [3.05, 3.63) is 42.5 Å². The number of aliphatic hydroxyl groups is 1. The Kier molecular flexibility index (Phi) is 4.29. The summed E-state index contributed by atoms with van der Waals surface area (Å²) in [5, 5.41) is 10.3. The fourth-order valence-corrected chi connectivity index (χ4v) is 1.56. The number of benzene rings is 1. The fraction of sp³-hybridized carbons (Fsp3) is 0.308. The zero-order chi connectivity index (χ0) is 12.9. The number of rotatable bonds is 5. The van der Waals surface area contributed by atoms with Gasteiger partial charge >= 0.3 is 5.97 Å². The van der Waals surface area contributed by atoms with Crippen LogP contribution in [-0.2, 0) is 15.1 Å². The van der Waals surface area contributed by atoms with Crippen molar-refractivity contribution in [2.75, 3.05) is 14.2 Å². The van der Waals surface area contributed by atoms with Crippen LogP contribution in [0.2, 0.25) is 0 Å². The van der Waals surface area contributed by atoms with Crippen molar-refractivity contribution in [3.63, 3.8) is 0 Å². The summed E-state index contributed by atoms with van der Waals surface area (Å²) in [4.78, 5) is 11.6. The maximum atomic E-state index is 11.6. The van der Waals surface area contributed by atoms with Gasteiger partial charge in [-0.3, -0.25) is 0 Å². The Labute approximate surface area is 100 Å². The minimum atomic E-state index is -1.69. The third-order valence-electron chi connectivity index (χ3n) is 2.53. The van der Waals surface area contributed by atoms with Gasteiger partial charge in [-0.05, 0) is 17.7 Å². The van der Waals surface area contributed by atoms with Crippen molar-refractivity contribution in [1.29, 1.82) is 0 Å². The Morgan fingerprint density at radius 1 is 1.41 bits per heavy atom. The van der Waals surface area contributed by atoms with E-state index in [1.807, 2.05) is 0 Å². The summed E-state index contributed by atoms with van der Waals surface area (Å²) >= 11 is 0. The van der Waals surface area contributed by atoms with Crippen molar-refractivity contribution in [1.82, 2.24) is 0 Å². The van der Waals surface area contributed by atoms with Crippen molar-refractivity contribution < 1.29 is 19.4 Å². The zero-order valence-electron chi connectivity index (χ0n) is 9.97. The topological polar surface area (TPSA) is 55.8 Å². The second kappa shape index (κ2) is 5.50. The monoisotopic (exact) mass is 236 g/mol. The Morgan fingerprint density at radius 3 is 2.41 bits per heavy atom. The van der Waals surface area contributed by atoms with Crippen LogP contribution in [0.5, 0.6) is 5.75 Å². The molecule has 1 aromatic carbocycles. The molecule has 0 aromatic heterocycles. The van der Waals surface area contributed by atoms with Crippen LogP contribution in [0.4, 0.5) is 0 Å². The number of ether oxygens (including phenoxy) is 2. The molecule has 92 valence electrons. The average Bonchev–Trinajstić information content (AvgIpc) is 2.38. The second-order valence-corrected chi connectivity index (χ2v) is 3.57. The van der Waals surface area contributed by atoms with Gasteiger partial charge in [0.2, 0.25) is 0 Å². The van der Waals surface area contributed by atoms with Crippen LogP contribution < -0.4 is 4.74 Å². The quantitative estimate of drug-likeness (QED) is 0.623. The predicted molar refractivity (Wildman–Crippen MR) is 63.7 cm³/mol. The van der Waals surface area contributed by atoms with E-state index in [0.717, 1.165) is 0 Å². The van der Waals surface area contributed by atoms with E-state index in [-0.39, 0.29) is 6.42 Å². The molecule has 1 atom stereocenters. The molecule has 0 radical (unpaired) electrons. The molecule has 1 unspecified atom stereocenters. The minimum absolute atomic E-state index is 0.0893. The number of carbonyl (C=O) groups excluding carboxylic acids is 1. The molecule has 0 bridgehead atoms. The highest BCUT2D eigenvalue weighted by atomic mass is 16.5. The molecule has 1 aromatic rings. The van der Waals surface area contributed by atoms with Gasteiger partial charge in [-0.1, -0.05) is 18.2 Å². The highest BCUT2D eigenvalue weighted by molar-refractivity contribution is 5.81. The van der Waals surface area contributed by atoms with Crippen LogP contribution >= 0.6 is 0 Å². The van der Waals surface area contributed by atoms with E-state index in [2.05, 4.69) is 11.3 Å². The highest BCUT2D eigenvalue weighted by Crippen LogP contribution is 2.28. The molecule has 0 saturated carbocycles. The average molecular weight is 236 g/mol. The van der Waals surface area contributed by atoms with Crippen LogP contribution in [0.3, 0.4) is 0 Å². The van der Waals surface area contributed by atoms with Gasteiger partial charge in [0.25, 0.3) is 0 Å². The lowest BCUT2D eigenvalue weighted by molar-refractivity contribution is -0.163. The Morgan fingerprint density at radius 2 is 2.00 bits per heavy atom. The first-order valence-electron chi connectivity index (χ1n) is 5.14. The van der Waals surface area contributed by atoms with Gasteiger partial charge in [0.1, 0.15) is 5.75 Å². The van der Waals surface area contributed by atoms with E-state index in [1.54, 1.807) is 31.4 Å². The summed E-state index contributed by atoms with van der Waals surface area (Å²) in [7, 11) is 2.78. The number of carbonyl (C=O) groups is 1. The summed E-state index contributed by atoms with van der Waals surface area (Å²) in [5.74, 6) is -0.0536. The number of hydrogen-bond acceptors (Lipinski definition) is 4. The largest absolute Gasteiger partial charge is 0.497 e. The number of esters is 1. The molecule has 1 rings (SSSR count). The molecule has 1 N–H and O–H groups in total. The van der Waals surface area contributed by atoms with E-state index in [4.69, 9.17) is 4.74 Å². The smallest absolute Gasteiger partial charge is 0.342 e. The number of hydrogen-bond donors (Lipinski definition) is 1. The molecule has 4 nitrogen and oxygen atoms in total. The SMILES string of the molecule is C=CCC(O)(C(=O)OC)c1ccc(OC)cc1. The molecule has 0 heterocycles. The molecular formula is C13H16O4. The fourth-order valence-electron chi connectivity index (χ4n) is 1.56. The lowest BCUT2D eigenvalue weighted by Gasteiger charge is -2.24. The van der Waals surface area contributed by atoms with Crippen molar-refractivity contribution >= 4 is 5.97 Å². The maximum Gasteiger partial charge on any atom is 0.342 e. The van der Waals surface area contributed by atoms with Gasteiger partial charge in [-0.25, -0.2) is 4.79 Å². The maximum absolute atomic E-state index is 11.6. The Hall–Kier alpha value is -1.81. The normalized spacial score (nSPS) is 13.6. The second-order valence-electron chi connectivity index (χ2n) is 3.57. The molecule has 0 aliphatic carbocycles. The van der Waals surface area contributed by atoms with Crippen molar-refractivity contribution in [3.8, 4) is 5.75 Å². The summed E-state index contributed by atoms with van der Waals surface area (Å²) in [6, 6.07) is 6.59. The summed E-state index contributed by atoms with van der Waals surface area (Å²) in [6.45, 7) is 3.53. The van der Waals surface area contributed by atoms with E-state index < -0.39 is 11.6 Å². The number of methoxy groups -OCH3 is 2. The van der Waals surface area contributed by atoms with Crippen LogP contribution in [0, 0.1) is 0 Å².